The minimum absolute atomic E-state index is 0.193. The SMILES string of the molecule is Cc1sc2nc(C3CCC(C(=O)O)CC3)nc(NCc3ccc(Cl)c(Cl)c3)c2c1C. The highest BCUT2D eigenvalue weighted by Crippen LogP contribution is 2.39. The first kappa shape index (κ1) is 21.3. The minimum Gasteiger partial charge on any atom is -0.481 e. The maximum Gasteiger partial charge on any atom is 0.306 e. The lowest BCUT2D eigenvalue weighted by Crippen LogP contribution is -2.21. The molecule has 2 heterocycles. The first-order valence-electron chi connectivity index (χ1n) is 10.0. The van der Waals surface area contributed by atoms with E-state index in [1.807, 2.05) is 12.1 Å². The number of anilines is 1. The largest absolute Gasteiger partial charge is 0.481 e. The molecule has 0 aliphatic heterocycles. The molecule has 2 aromatic heterocycles. The second-order valence-electron chi connectivity index (χ2n) is 7.88. The van der Waals surface area contributed by atoms with Crippen molar-refractivity contribution in [2.24, 2.45) is 5.92 Å². The van der Waals surface area contributed by atoms with Gasteiger partial charge in [-0.25, -0.2) is 9.97 Å². The summed E-state index contributed by atoms with van der Waals surface area (Å²) in [5.74, 6) is 0.882. The van der Waals surface area contributed by atoms with Gasteiger partial charge in [0.2, 0.25) is 0 Å². The number of hydrogen-bond acceptors (Lipinski definition) is 5. The summed E-state index contributed by atoms with van der Waals surface area (Å²) in [4.78, 5) is 23.3. The molecule has 0 spiro atoms. The van der Waals surface area contributed by atoms with Crippen LogP contribution in [-0.4, -0.2) is 21.0 Å². The van der Waals surface area contributed by atoms with E-state index in [1.54, 1.807) is 17.4 Å². The van der Waals surface area contributed by atoms with Gasteiger partial charge in [-0.15, -0.1) is 11.3 Å². The summed E-state index contributed by atoms with van der Waals surface area (Å²) in [6.07, 6.45) is 2.96. The number of aromatic nitrogens is 2. The second kappa shape index (κ2) is 8.69. The minimum atomic E-state index is -0.696. The second-order valence-corrected chi connectivity index (χ2v) is 9.90. The Labute approximate surface area is 189 Å². The van der Waals surface area contributed by atoms with Crippen molar-refractivity contribution in [2.75, 3.05) is 5.32 Å². The van der Waals surface area contributed by atoms with Crippen molar-refractivity contribution in [2.45, 2.75) is 52.0 Å². The highest BCUT2D eigenvalue weighted by atomic mass is 35.5. The molecule has 0 unspecified atom stereocenters. The van der Waals surface area contributed by atoms with Crippen LogP contribution in [0.3, 0.4) is 0 Å². The van der Waals surface area contributed by atoms with Crippen LogP contribution in [0.2, 0.25) is 10.0 Å². The Kier molecular flexibility index (Phi) is 6.19. The topological polar surface area (TPSA) is 75.1 Å². The van der Waals surface area contributed by atoms with Gasteiger partial charge in [0.25, 0.3) is 0 Å². The number of thiophene rings is 1. The molecule has 1 aromatic carbocycles. The summed E-state index contributed by atoms with van der Waals surface area (Å²) in [6.45, 7) is 4.77. The van der Waals surface area contributed by atoms with E-state index >= 15 is 0 Å². The summed E-state index contributed by atoms with van der Waals surface area (Å²) in [5, 5.41) is 14.9. The Morgan fingerprint density at radius 3 is 2.57 bits per heavy atom. The van der Waals surface area contributed by atoms with Gasteiger partial charge in [0.1, 0.15) is 16.5 Å². The number of benzene rings is 1. The average Bonchev–Trinajstić information content (AvgIpc) is 3.02. The number of rotatable bonds is 5. The molecule has 1 aliphatic rings. The summed E-state index contributed by atoms with van der Waals surface area (Å²) in [6, 6.07) is 5.59. The Morgan fingerprint density at radius 2 is 1.90 bits per heavy atom. The van der Waals surface area contributed by atoms with Crippen molar-refractivity contribution in [1.82, 2.24) is 9.97 Å². The monoisotopic (exact) mass is 463 g/mol. The summed E-state index contributed by atoms with van der Waals surface area (Å²) < 4.78 is 0. The molecular formula is C22H23Cl2N3O2S. The molecule has 0 atom stereocenters. The van der Waals surface area contributed by atoms with Gasteiger partial charge in [-0.05, 0) is 62.8 Å². The first-order valence-corrected chi connectivity index (χ1v) is 11.6. The third-order valence-electron chi connectivity index (χ3n) is 5.93. The van der Waals surface area contributed by atoms with Crippen molar-refractivity contribution in [3.8, 4) is 0 Å². The van der Waals surface area contributed by atoms with Gasteiger partial charge in [-0.3, -0.25) is 4.79 Å². The van der Waals surface area contributed by atoms with E-state index in [0.29, 0.717) is 29.4 Å². The number of carbonyl (C=O) groups is 1. The fourth-order valence-corrected chi connectivity index (χ4v) is 5.37. The zero-order chi connectivity index (χ0) is 21.4. The molecule has 158 valence electrons. The molecular weight excluding hydrogens is 441 g/mol. The molecule has 1 fully saturated rings. The van der Waals surface area contributed by atoms with Gasteiger partial charge in [0.15, 0.2) is 0 Å². The number of fused-ring (bicyclic) bond motifs is 1. The Hall–Kier alpha value is -1.89. The summed E-state index contributed by atoms with van der Waals surface area (Å²) >= 11 is 13.9. The average molecular weight is 464 g/mol. The lowest BCUT2D eigenvalue weighted by atomic mass is 9.81. The lowest BCUT2D eigenvalue weighted by Gasteiger charge is -2.25. The molecule has 8 heteroatoms. The maximum atomic E-state index is 11.3. The van der Waals surface area contributed by atoms with Crippen LogP contribution in [-0.2, 0) is 11.3 Å². The van der Waals surface area contributed by atoms with Gasteiger partial charge in [-0.2, -0.15) is 0 Å². The molecule has 0 saturated heterocycles. The van der Waals surface area contributed by atoms with Crippen LogP contribution >= 0.6 is 34.5 Å². The number of carboxylic acids is 1. The molecule has 0 bridgehead atoms. The van der Waals surface area contributed by atoms with Crippen LogP contribution in [0.25, 0.3) is 10.2 Å². The number of aliphatic carboxylic acids is 1. The van der Waals surface area contributed by atoms with E-state index in [9.17, 15) is 9.90 Å². The van der Waals surface area contributed by atoms with Crippen molar-refractivity contribution in [3.63, 3.8) is 0 Å². The van der Waals surface area contributed by atoms with E-state index < -0.39 is 5.97 Å². The van der Waals surface area contributed by atoms with Crippen LogP contribution in [0, 0.1) is 19.8 Å². The number of nitrogens with one attached hydrogen (secondary N) is 1. The molecule has 2 N–H and O–H groups in total. The zero-order valence-electron chi connectivity index (χ0n) is 16.8. The molecule has 1 saturated carbocycles. The van der Waals surface area contributed by atoms with Gasteiger partial charge in [0.05, 0.1) is 21.3 Å². The molecule has 3 aromatic rings. The van der Waals surface area contributed by atoms with Crippen molar-refractivity contribution in [3.05, 3.63) is 50.1 Å². The summed E-state index contributed by atoms with van der Waals surface area (Å²) in [7, 11) is 0. The normalized spacial score (nSPS) is 19.2. The fraction of sp³-hybridized carbons (Fsp3) is 0.409. The predicted octanol–water partition coefficient (Wildman–Crippen LogP) is 6.59. The number of nitrogens with zero attached hydrogens (tertiary/aromatic N) is 2. The van der Waals surface area contributed by atoms with E-state index in [1.165, 1.54) is 10.4 Å². The zero-order valence-corrected chi connectivity index (χ0v) is 19.2. The van der Waals surface area contributed by atoms with Crippen LogP contribution in [0.1, 0.15) is 53.4 Å². The standard InChI is InChI=1S/C22H23Cl2N3O2S/c1-11-12(2)30-21-18(11)20(25-10-13-3-8-16(23)17(24)9-13)26-19(27-21)14-4-6-15(7-5-14)22(28)29/h3,8-9,14-15H,4-7,10H2,1-2H3,(H,28,29)(H,25,26,27). The van der Waals surface area contributed by atoms with Gasteiger partial charge in [-0.1, -0.05) is 29.3 Å². The highest BCUT2D eigenvalue weighted by Gasteiger charge is 2.29. The number of carboxylic acid groups (broad SMARTS) is 1. The number of hydrogen-bond donors (Lipinski definition) is 2. The van der Waals surface area contributed by atoms with E-state index in [2.05, 4.69) is 19.2 Å². The van der Waals surface area contributed by atoms with E-state index in [0.717, 1.165) is 40.3 Å². The van der Waals surface area contributed by atoms with Gasteiger partial charge in [0, 0.05) is 17.3 Å². The third-order valence-corrected chi connectivity index (χ3v) is 7.77. The first-order chi connectivity index (χ1) is 14.3. The summed E-state index contributed by atoms with van der Waals surface area (Å²) in [5.41, 5.74) is 2.21. The molecule has 5 nitrogen and oxygen atoms in total. The fourth-order valence-electron chi connectivity index (χ4n) is 4.01. The lowest BCUT2D eigenvalue weighted by molar-refractivity contribution is -0.142. The predicted molar refractivity (Wildman–Crippen MR) is 123 cm³/mol. The number of halogens is 2. The quantitative estimate of drug-likeness (QED) is 0.446. The van der Waals surface area contributed by atoms with Crippen molar-refractivity contribution < 1.29 is 9.90 Å². The van der Waals surface area contributed by atoms with E-state index in [4.69, 9.17) is 33.2 Å². The van der Waals surface area contributed by atoms with Crippen LogP contribution in [0.5, 0.6) is 0 Å². The Balaban J connectivity index is 1.63. The van der Waals surface area contributed by atoms with Crippen LogP contribution in [0.15, 0.2) is 18.2 Å². The number of aryl methyl sites for hydroxylation is 2. The highest BCUT2D eigenvalue weighted by molar-refractivity contribution is 7.18. The molecule has 4 rings (SSSR count). The van der Waals surface area contributed by atoms with Gasteiger partial charge >= 0.3 is 5.97 Å². The molecule has 0 radical (unpaired) electrons. The molecule has 30 heavy (non-hydrogen) atoms. The smallest absolute Gasteiger partial charge is 0.306 e. The maximum absolute atomic E-state index is 11.3. The Bertz CT molecular complexity index is 1110. The van der Waals surface area contributed by atoms with Crippen molar-refractivity contribution >= 4 is 56.5 Å². The van der Waals surface area contributed by atoms with Gasteiger partial charge < -0.3 is 10.4 Å². The van der Waals surface area contributed by atoms with E-state index in [-0.39, 0.29) is 11.8 Å². The van der Waals surface area contributed by atoms with Crippen LogP contribution < -0.4 is 5.32 Å². The molecule has 0 amide bonds. The van der Waals surface area contributed by atoms with Crippen LogP contribution in [0.4, 0.5) is 5.82 Å². The third kappa shape index (κ3) is 4.27. The Morgan fingerprint density at radius 1 is 1.17 bits per heavy atom. The molecule has 1 aliphatic carbocycles. The van der Waals surface area contributed by atoms with Crippen molar-refractivity contribution in [1.29, 1.82) is 0 Å².